The highest BCUT2D eigenvalue weighted by Crippen LogP contribution is 2.28. The lowest BCUT2D eigenvalue weighted by Crippen LogP contribution is -2.57. The number of esters is 1. The topological polar surface area (TPSA) is 63.2 Å². The molecule has 200 valence electrons. The summed E-state index contributed by atoms with van der Waals surface area (Å²) in [6.07, 6.45) is -2.70. The van der Waals surface area contributed by atoms with Crippen molar-refractivity contribution < 1.29 is 28.5 Å². The van der Waals surface area contributed by atoms with Crippen LogP contribution in [0.1, 0.15) is 27.0 Å². The second-order valence-corrected chi connectivity index (χ2v) is 9.33. The first kappa shape index (κ1) is 26.8. The molecule has 39 heavy (non-hydrogen) atoms. The summed E-state index contributed by atoms with van der Waals surface area (Å²) in [5.41, 5.74) is 3.48. The Morgan fingerprint density at radius 1 is 0.590 bits per heavy atom. The minimum Gasteiger partial charge on any atom is -0.429 e. The maximum Gasteiger partial charge on any atom is 0.340 e. The van der Waals surface area contributed by atoms with E-state index in [2.05, 4.69) is 0 Å². The lowest BCUT2D eigenvalue weighted by atomic mass is 10.0. The van der Waals surface area contributed by atoms with Crippen molar-refractivity contribution in [3.8, 4) is 0 Å². The summed E-state index contributed by atoms with van der Waals surface area (Å²) >= 11 is 0. The fourth-order valence-corrected chi connectivity index (χ4v) is 4.42. The summed E-state index contributed by atoms with van der Waals surface area (Å²) in [6.45, 7) is 1.22. The van der Waals surface area contributed by atoms with Crippen LogP contribution in [0.5, 0.6) is 0 Å². The first-order chi connectivity index (χ1) is 19.3. The largest absolute Gasteiger partial charge is 0.429 e. The average Bonchev–Trinajstić information content (AvgIpc) is 3.00. The van der Waals surface area contributed by atoms with Gasteiger partial charge in [-0.05, 0) is 28.8 Å². The van der Waals surface area contributed by atoms with Crippen molar-refractivity contribution in [1.29, 1.82) is 0 Å². The quantitative estimate of drug-likeness (QED) is 0.226. The molecule has 0 spiro atoms. The van der Waals surface area contributed by atoms with Crippen LogP contribution < -0.4 is 0 Å². The number of hydrogen-bond donors (Lipinski definition) is 0. The number of carbonyl (C=O) groups excluding carboxylic acids is 1. The summed E-state index contributed by atoms with van der Waals surface area (Å²) in [5.74, 6) is -0.487. The molecule has 0 amide bonds. The van der Waals surface area contributed by atoms with Gasteiger partial charge in [0, 0.05) is 0 Å². The summed E-state index contributed by atoms with van der Waals surface area (Å²) in [5, 5.41) is 0. The van der Waals surface area contributed by atoms with E-state index in [1.807, 2.05) is 97.1 Å². The van der Waals surface area contributed by atoms with Crippen molar-refractivity contribution >= 4 is 5.97 Å². The molecule has 0 N–H and O–H groups in total. The third-order valence-corrected chi connectivity index (χ3v) is 6.49. The molecule has 0 aromatic heterocycles. The van der Waals surface area contributed by atoms with E-state index in [0.717, 1.165) is 16.7 Å². The van der Waals surface area contributed by atoms with Crippen molar-refractivity contribution in [2.24, 2.45) is 0 Å². The van der Waals surface area contributed by atoms with E-state index in [0.29, 0.717) is 25.4 Å². The molecule has 6 heteroatoms. The van der Waals surface area contributed by atoms with Crippen LogP contribution in [0.2, 0.25) is 0 Å². The molecule has 1 aliphatic heterocycles. The first-order valence-corrected chi connectivity index (χ1v) is 13.1. The molecule has 4 atom stereocenters. The molecule has 4 aromatic carbocycles. The Balaban J connectivity index is 1.38. The number of carbonyl (C=O) groups is 1. The highest BCUT2D eigenvalue weighted by atomic mass is 16.7. The van der Waals surface area contributed by atoms with Crippen molar-refractivity contribution in [2.45, 2.75) is 44.4 Å². The first-order valence-electron chi connectivity index (χ1n) is 13.1. The van der Waals surface area contributed by atoms with Gasteiger partial charge in [-0.15, -0.1) is 0 Å². The zero-order valence-electron chi connectivity index (χ0n) is 21.6. The number of benzene rings is 4. The van der Waals surface area contributed by atoms with Gasteiger partial charge in [0.2, 0.25) is 6.29 Å². The summed E-state index contributed by atoms with van der Waals surface area (Å²) < 4.78 is 31.1. The minimum atomic E-state index is -0.973. The molecule has 0 saturated carbocycles. The smallest absolute Gasteiger partial charge is 0.340 e. The lowest BCUT2D eigenvalue weighted by Gasteiger charge is -2.41. The maximum absolute atomic E-state index is 13.0. The van der Waals surface area contributed by atoms with Gasteiger partial charge < -0.3 is 23.7 Å². The molecule has 4 aromatic rings. The zero-order valence-corrected chi connectivity index (χ0v) is 21.6. The Hall–Kier alpha value is -3.81. The third-order valence-electron chi connectivity index (χ3n) is 6.49. The monoisotopic (exact) mass is 524 g/mol. The predicted molar refractivity (Wildman–Crippen MR) is 147 cm³/mol. The lowest BCUT2D eigenvalue weighted by molar-refractivity contribution is -0.285. The molecule has 0 radical (unpaired) electrons. The van der Waals surface area contributed by atoms with Gasteiger partial charge in [-0.25, -0.2) is 4.79 Å². The molecular formula is C33H32O6. The van der Waals surface area contributed by atoms with E-state index >= 15 is 0 Å². The Kier molecular flexibility index (Phi) is 9.50. The molecule has 1 fully saturated rings. The molecule has 5 rings (SSSR count). The second-order valence-electron chi connectivity index (χ2n) is 9.33. The van der Waals surface area contributed by atoms with Crippen LogP contribution in [0.4, 0.5) is 0 Å². The van der Waals surface area contributed by atoms with Gasteiger partial charge in [-0.2, -0.15) is 0 Å². The second kappa shape index (κ2) is 13.8. The van der Waals surface area contributed by atoms with Crippen LogP contribution in [-0.2, 0) is 43.5 Å². The Morgan fingerprint density at radius 3 is 1.54 bits per heavy atom. The summed E-state index contributed by atoms with van der Waals surface area (Å²) in [6, 6.07) is 38.6. The van der Waals surface area contributed by atoms with Crippen LogP contribution >= 0.6 is 0 Å². The highest BCUT2D eigenvalue weighted by Gasteiger charge is 2.45. The van der Waals surface area contributed by atoms with E-state index in [1.54, 1.807) is 24.3 Å². The van der Waals surface area contributed by atoms with E-state index in [4.69, 9.17) is 23.7 Å². The molecule has 0 bridgehead atoms. The number of rotatable bonds is 11. The van der Waals surface area contributed by atoms with Gasteiger partial charge in [0.05, 0.1) is 32.0 Å². The van der Waals surface area contributed by atoms with Crippen molar-refractivity contribution in [1.82, 2.24) is 0 Å². The predicted octanol–water partition coefficient (Wildman–Crippen LogP) is 5.96. The van der Waals surface area contributed by atoms with Crippen molar-refractivity contribution in [2.75, 3.05) is 6.61 Å². The van der Waals surface area contributed by atoms with Crippen LogP contribution in [-0.4, -0.2) is 37.2 Å². The summed E-state index contributed by atoms with van der Waals surface area (Å²) in [4.78, 5) is 13.0. The molecule has 6 nitrogen and oxygen atoms in total. The van der Waals surface area contributed by atoms with Gasteiger partial charge in [0.25, 0.3) is 0 Å². The van der Waals surface area contributed by atoms with E-state index in [9.17, 15) is 4.79 Å². The van der Waals surface area contributed by atoms with Crippen LogP contribution in [0.25, 0.3) is 0 Å². The number of ether oxygens (including phenoxy) is 5. The highest BCUT2D eigenvalue weighted by molar-refractivity contribution is 5.89. The molecule has 1 heterocycles. The Bertz CT molecular complexity index is 1270. The average molecular weight is 525 g/mol. The van der Waals surface area contributed by atoms with E-state index in [1.165, 1.54) is 0 Å². The molecule has 0 aliphatic carbocycles. The maximum atomic E-state index is 13.0. The number of hydrogen-bond acceptors (Lipinski definition) is 6. The Labute approximate surface area is 229 Å². The van der Waals surface area contributed by atoms with Gasteiger partial charge in [-0.1, -0.05) is 109 Å². The van der Waals surface area contributed by atoms with Gasteiger partial charge in [0.15, 0.2) is 0 Å². The van der Waals surface area contributed by atoms with E-state index < -0.39 is 30.6 Å². The van der Waals surface area contributed by atoms with Gasteiger partial charge >= 0.3 is 5.97 Å². The fraction of sp³-hybridized carbons (Fsp3) is 0.242. The van der Waals surface area contributed by atoms with Crippen LogP contribution in [0.15, 0.2) is 121 Å². The SMILES string of the molecule is O=C(O[C@@H]1OC[C@@H](OCc2ccccc2)[C@@H](OCc2ccccc2)[C@H]1OCc1ccccc1)c1ccccc1. The Morgan fingerprint density at radius 2 is 1.03 bits per heavy atom. The fourth-order valence-electron chi connectivity index (χ4n) is 4.42. The van der Waals surface area contributed by atoms with Crippen LogP contribution in [0.3, 0.4) is 0 Å². The molecular weight excluding hydrogens is 492 g/mol. The van der Waals surface area contributed by atoms with Crippen molar-refractivity contribution in [3.05, 3.63) is 144 Å². The van der Waals surface area contributed by atoms with E-state index in [-0.39, 0.29) is 6.61 Å². The summed E-state index contributed by atoms with van der Waals surface area (Å²) in [7, 11) is 0. The zero-order chi connectivity index (χ0) is 26.7. The van der Waals surface area contributed by atoms with Crippen LogP contribution in [0, 0.1) is 0 Å². The minimum absolute atomic E-state index is 0.185. The molecule has 1 saturated heterocycles. The standard InChI is InChI=1S/C33H32O6/c34-32(28-19-11-4-12-20-28)39-33-31(37-23-27-17-9-3-10-18-27)30(36-22-26-15-7-2-8-16-26)29(24-38-33)35-21-25-13-5-1-6-14-25/h1-20,29-31,33H,21-24H2/t29-,30-,31-,33+/m1/s1. The third kappa shape index (κ3) is 7.62. The molecule has 1 aliphatic rings. The molecule has 0 unspecified atom stereocenters. The normalized spacial score (nSPS) is 20.8. The van der Waals surface area contributed by atoms with Gasteiger partial charge in [-0.3, -0.25) is 0 Å². The van der Waals surface area contributed by atoms with Gasteiger partial charge in [0.1, 0.15) is 18.3 Å². The van der Waals surface area contributed by atoms with Crippen molar-refractivity contribution in [3.63, 3.8) is 0 Å².